The van der Waals surface area contributed by atoms with Gasteiger partial charge in [0.05, 0.1) is 12.2 Å². The van der Waals surface area contributed by atoms with Gasteiger partial charge >= 0.3 is 0 Å². The molecule has 9 heteroatoms. The van der Waals surface area contributed by atoms with E-state index < -0.39 is 0 Å². The van der Waals surface area contributed by atoms with Crippen LogP contribution in [0.15, 0.2) is 47.3 Å². The van der Waals surface area contributed by atoms with E-state index in [4.69, 9.17) is 11.6 Å². The number of benzene rings is 1. The Kier molecular flexibility index (Phi) is 6.79. The third kappa shape index (κ3) is 5.42. The van der Waals surface area contributed by atoms with E-state index in [-0.39, 0.29) is 43.2 Å². The summed E-state index contributed by atoms with van der Waals surface area (Å²) < 4.78 is 2.94. The number of nitrogens with one attached hydrogen (secondary N) is 1. The van der Waals surface area contributed by atoms with Gasteiger partial charge < -0.3 is 5.32 Å². The molecule has 3 aromatic rings. The molecule has 30 heavy (non-hydrogen) atoms. The zero-order chi connectivity index (χ0) is 21.7. The van der Waals surface area contributed by atoms with Crippen molar-refractivity contribution in [2.24, 2.45) is 0 Å². The highest BCUT2D eigenvalue weighted by Crippen LogP contribution is 2.12. The molecule has 0 aliphatic heterocycles. The average molecular weight is 428 g/mol. The van der Waals surface area contributed by atoms with Crippen LogP contribution in [0.3, 0.4) is 0 Å². The second-order valence-electron chi connectivity index (χ2n) is 6.87. The fourth-order valence-electron chi connectivity index (χ4n) is 2.97. The first-order valence-electron chi connectivity index (χ1n) is 9.51. The topological polar surface area (TPSA) is 98.9 Å². The van der Waals surface area contributed by atoms with Crippen LogP contribution < -0.4 is 10.9 Å². The molecule has 2 aromatic heterocycles. The summed E-state index contributed by atoms with van der Waals surface area (Å²) in [6.45, 7) is 4.22. The summed E-state index contributed by atoms with van der Waals surface area (Å²) in [6.07, 6.45) is 0.161. The van der Waals surface area contributed by atoms with Crippen LogP contribution in [0, 0.1) is 13.8 Å². The molecule has 3 rings (SSSR count). The first kappa shape index (κ1) is 21.4. The van der Waals surface area contributed by atoms with Crippen molar-refractivity contribution in [3.8, 4) is 5.82 Å². The number of carbonyl (C=O) groups excluding carboxylic acids is 2. The number of hydrogen-bond donors (Lipinski definition) is 1. The Hall–Kier alpha value is -3.26. The molecule has 0 aliphatic rings. The van der Waals surface area contributed by atoms with Gasteiger partial charge in [-0.2, -0.15) is 5.10 Å². The maximum absolute atomic E-state index is 12.1. The Balaban J connectivity index is 1.52. The Bertz CT molecular complexity index is 1120. The number of aryl methyl sites for hydroxylation is 2. The van der Waals surface area contributed by atoms with Crippen LogP contribution in [0.5, 0.6) is 0 Å². The molecule has 0 spiro atoms. The molecule has 1 N–H and O–H groups in total. The fourth-order valence-corrected chi connectivity index (χ4v) is 3.09. The molecular formula is C21H22ClN5O3. The van der Waals surface area contributed by atoms with E-state index in [9.17, 15) is 14.4 Å². The molecule has 0 bridgehead atoms. The summed E-state index contributed by atoms with van der Waals surface area (Å²) in [6, 6.07) is 11.5. The number of nitrogens with zero attached hydrogens (tertiary/aromatic N) is 4. The first-order chi connectivity index (χ1) is 14.3. The Morgan fingerprint density at radius 2 is 1.77 bits per heavy atom. The van der Waals surface area contributed by atoms with Crippen molar-refractivity contribution in [2.75, 3.05) is 6.54 Å². The van der Waals surface area contributed by atoms with E-state index in [0.29, 0.717) is 16.4 Å². The predicted octanol–water partition coefficient (Wildman–Crippen LogP) is 2.48. The quantitative estimate of drug-likeness (QED) is 0.557. The van der Waals surface area contributed by atoms with Crippen molar-refractivity contribution in [3.63, 3.8) is 0 Å². The van der Waals surface area contributed by atoms with Gasteiger partial charge in [-0.1, -0.05) is 11.6 Å². The molecule has 1 aromatic carbocycles. The average Bonchev–Trinajstić information content (AvgIpc) is 3.06. The normalized spacial score (nSPS) is 10.8. The molecule has 0 radical (unpaired) electrons. The van der Waals surface area contributed by atoms with Crippen molar-refractivity contribution in [2.45, 2.75) is 33.2 Å². The van der Waals surface area contributed by atoms with Crippen LogP contribution in [0.1, 0.15) is 34.6 Å². The zero-order valence-electron chi connectivity index (χ0n) is 16.8. The van der Waals surface area contributed by atoms with Crippen molar-refractivity contribution < 1.29 is 9.59 Å². The summed E-state index contributed by atoms with van der Waals surface area (Å²) in [5, 5.41) is 11.9. The number of hydrogen-bond acceptors (Lipinski definition) is 5. The third-order valence-corrected chi connectivity index (χ3v) is 4.72. The minimum atomic E-state index is -0.271. The van der Waals surface area contributed by atoms with E-state index in [1.807, 2.05) is 19.9 Å². The SMILES string of the molecule is Cc1cc(C)n(-c2ccc(=O)n(CCNC(=O)CCC(=O)c3ccc(Cl)cc3)n2)n1. The summed E-state index contributed by atoms with van der Waals surface area (Å²) in [7, 11) is 0. The minimum absolute atomic E-state index is 0.0651. The number of aromatic nitrogens is 4. The van der Waals surface area contributed by atoms with E-state index in [1.54, 1.807) is 35.0 Å². The van der Waals surface area contributed by atoms with Crippen molar-refractivity contribution >= 4 is 23.3 Å². The lowest BCUT2D eigenvalue weighted by Crippen LogP contribution is -2.32. The summed E-state index contributed by atoms with van der Waals surface area (Å²) in [5.74, 6) is 0.137. The van der Waals surface area contributed by atoms with E-state index >= 15 is 0 Å². The lowest BCUT2D eigenvalue weighted by molar-refractivity contribution is -0.121. The van der Waals surface area contributed by atoms with E-state index in [2.05, 4.69) is 15.5 Å². The predicted molar refractivity (Wildman–Crippen MR) is 113 cm³/mol. The summed E-state index contributed by atoms with van der Waals surface area (Å²) in [4.78, 5) is 36.2. The van der Waals surface area contributed by atoms with Crippen LogP contribution >= 0.6 is 11.6 Å². The van der Waals surface area contributed by atoms with Gasteiger partial charge in [0.1, 0.15) is 0 Å². The second-order valence-corrected chi connectivity index (χ2v) is 7.31. The molecule has 156 valence electrons. The van der Waals surface area contributed by atoms with E-state index in [0.717, 1.165) is 11.4 Å². The molecule has 2 heterocycles. The number of halogens is 1. The smallest absolute Gasteiger partial charge is 0.266 e. The van der Waals surface area contributed by atoms with Crippen molar-refractivity contribution in [1.82, 2.24) is 24.9 Å². The van der Waals surface area contributed by atoms with Crippen LogP contribution in [0.2, 0.25) is 5.02 Å². The maximum Gasteiger partial charge on any atom is 0.266 e. The number of rotatable bonds is 8. The molecule has 0 unspecified atom stereocenters. The molecule has 1 amide bonds. The number of Topliss-reactive ketones (excluding diaryl/α,β-unsaturated/α-hetero) is 1. The van der Waals surface area contributed by atoms with Gasteiger partial charge in [0, 0.05) is 41.7 Å². The standard InChI is InChI=1S/C21H22ClN5O3/c1-14-13-15(2)27(24-14)19-8-10-21(30)26(25-19)12-11-23-20(29)9-7-18(28)16-3-5-17(22)6-4-16/h3-6,8,10,13H,7,9,11-12H2,1-2H3,(H,23,29). The Labute approximate surface area is 178 Å². The molecular weight excluding hydrogens is 406 g/mol. The van der Waals surface area contributed by atoms with Crippen molar-refractivity contribution in [3.05, 3.63) is 74.8 Å². The van der Waals surface area contributed by atoms with Gasteiger partial charge in [0.15, 0.2) is 11.6 Å². The zero-order valence-corrected chi connectivity index (χ0v) is 17.5. The van der Waals surface area contributed by atoms with Crippen LogP contribution in [0.4, 0.5) is 0 Å². The molecule has 0 aliphatic carbocycles. The number of amides is 1. The highest BCUT2D eigenvalue weighted by molar-refractivity contribution is 6.30. The Morgan fingerprint density at radius 3 is 2.43 bits per heavy atom. The van der Waals surface area contributed by atoms with E-state index in [1.165, 1.54) is 10.7 Å². The van der Waals surface area contributed by atoms with Crippen LogP contribution in [-0.2, 0) is 11.3 Å². The molecule has 8 nitrogen and oxygen atoms in total. The van der Waals surface area contributed by atoms with Gasteiger partial charge in [0.25, 0.3) is 5.56 Å². The van der Waals surface area contributed by atoms with Gasteiger partial charge in [0.2, 0.25) is 5.91 Å². The van der Waals surface area contributed by atoms with Crippen molar-refractivity contribution in [1.29, 1.82) is 0 Å². The molecule has 0 saturated carbocycles. The van der Waals surface area contributed by atoms with Gasteiger partial charge in [-0.3, -0.25) is 14.4 Å². The largest absolute Gasteiger partial charge is 0.354 e. The van der Waals surface area contributed by atoms with Crippen LogP contribution in [-0.4, -0.2) is 37.8 Å². The van der Waals surface area contributed by atoms with Gasteiger partial charge in [-0.25, -0.2) is 9.36 Å². The molecule has 0 fully saturated rings. The summed E-state index contributed by atoms with van der Waals surface area (Å²) in [5.41, 5.74) is 2.01. The highest BCUT2D eigenvalue weighted by Gasteiger charge is 2.10. The fraction of sp³-hybridized carbons (Fsp3) is 0.286. The minimum Gasteiger partial charge on any atom is -0.354 e. The molecule has 0 saturated heterocycles. The monoisotopic (exact) mass is 427 g/mol. The number of ketones is 1. The maximum atomic E-state index is 12.1. The number of carbonyl (C=O) groups is 2. The molecule has 0 atom stereocenters. The van der Waals surface area contributed by atoms with Gasteiger partial charge in [-0.05, 0) is 50.2 Å². The van der Waals surface area contributed by atoms with Gasteiger partial charge in [-0.15, -0.1) is 5.10 Å². The second kappa shape index (κ2) is 9.49. The third-order valence-electron chi connectivity index (χ3n) is 4.47. The summed E-state index contributed by atoms with van der Waals surface area (Å²) >= 11 is 5.81. The Morgan fingerprint density at radius 1 is 1.03 bits per heavy atom. The lowest BCUT2D eigenvalue weighted by Gasteiger charge is -2.09. The lowest BCUT2D eigenvalue weighted by atomic mass is 10.1. The first-order valence-corrected chi connectivity index (χ1v) is 9.88. The highest BCUT2D eigenvalue weighted by atomic mass is 35.5. The van der Waals surface area contributed by atoms with Crippen LogP contribution in [0.25, 0.3) is 5.82 Å².